The molecule has 4 rings (SSSR count). The molecule has 1 aliphatic heterocycles. The molecule has 1 aliphatic rings. The van der Waals surface area contributed by atoms with Crippen molar-refractivity contribution < 1.29 is 19.3 Å². The average Bonchev–Trinajstić information content (AvgIpc) is 2.93. The fraction of sp³-hybridized carbons (Fsp3) is 0.438. The molecule has 37 heavy (non-hydrogen) atoms. The Kier molecular flexibility index (Phi) is 9.62. The first kappa shape index (κ1) is 27.2. The molecule has 0 radical (unpaired) electrons. The summed E-state index contributed by atoms with van der Waals surface area (Å²) in [6.45, 7) is 4.37. The zero-order valence-electron chi connectivity index (χ0n) is 22.4. The maximum Gasteiger partial charge on any atom is 0.199 e. The van der Waals surface area contributed by atoms with E-state index < -0.39 is 5.60 Å². The molecule has 5 nitrogen and oxygen atoms in total. The fourth-order valence-electron chi connectivity index (χ4n) is 5.05. The molecule has 3 atom stereocenters. The van der Waals surface area contributed by atoms with Crippen molar-refractivity contribution >= 4 is 0 Å². The van der Waals surface area contributed by atoms with Crippen molar-refractivity contribution in [2.75, 3.05) is 33.9 Å². The van der Waals surface area contributed by atoms with Crippen LogP contribution in [0.2, 0.25) is 0 Å². The quantitative estimate of drug-likeness (QED) is 0.312. The number of aliphatic hydroxyl groups is 1. The van der Waals surface area contributed by atoms with Gasteiger partial charge in [-0.1, -0.05) is 67.9 Å². The molecule has 0 aromatic heterocycles. The number of benzene rings is 3. The van der Waals surface area contributed by atoms with Gasteiger partial charge in [-0.15, -0.1) is 0 Å². The molecule has 3 unspecified atom stereocenters. The number of likely N-dealkylation sites (N-methyl/N-ethyl adjacent to an activating group) is 1. The molecule has 198 valence electrons. The lowest BCUT2D eigenvalue weighted by atomic mass is 9.71. The standard InChI is InChI=1S/C32H41NO4/c1-4-10-30(25-11-6-5-7-12-25)32(34,26-14-18-28(19-15-26)35-24-22-33(2)3)27-16-20-29(21-17-27)37-31-13-8-9-23-36-31/h5-7,11-12,14-21,30-31,34H,4,8-10,13,22-24H2,1-3H3. The molecule has 1 heterocycles. The minimum absolute atomic E-state index is 0.118. The van der Waals surface area contributed by atoms with Gasteiger partial charge in [-0.2, -0.15) is 0 Å². The molecule has 5 heteroatoms. The highest BCUT2D eigenvalue weighted by Crippen LogP contribution is 2.45. The monoisotopic (exact) mass is 503 g/mol. The van der Waals surface area contributed by atoms with Gasteiger partial charge < -0.3 is 24.2 Å². The maximum atomic E-state index is 12.6. The van der Waals surface area contributed by atoms with E-state index in [1.807, 2.05) is 80.8 Å². The van der Waals surface area contributed by atoms with Crippen molar-refractivity contribution in [3.63, 3.8) is 0 Å². The second-order valence-electron chi connectivity index (χ2n) is 10.1. The summed E-state index contributed by atoms with van der Waals surface area (Å²) >= 11 is 0. The summed E-state index contributed by atoms with van der Waals surface area (Å²) in [4.78, 5) is 2.09. The summed E-state index contributed by atoms with van der Waals surface area (Å²) in [7, 11) is 4.06. The molecule has 0 amide bonds. The predicted molar refractivity (Wildman–Crippen MR) is 148 cm³/mol. The fourth-order valence-corrected chi connectivity index (χ4v) is 5.05. The molecular formula is C32H41NO4. The van der Waals surface area contributed by atoms with Crippen LogP contribution in [0.15, 0.2) is 78.9 Å². The van der Waals surface area contributed by atoms with Crippen LogP contribution in [0.1, 0.15) is 61.6 Å². The summed E-state index contributed by atoms with van der Waals surface area (Å²) in [5.74, 6) is 1.44. The van der Waals surface area contributed by atoms with Gasteiger partial charge in [-0.25, -0.2) is 0 Å². The van der Waals surface area contributed by atoms with Crippen molar-refractivity contribution in [3.05, 3.63) is 95.6 Å². The van der Waals surface area contributed by atoms with Crippen LogP contribution in [0.3, 0.4) is 0 Å². The van der Waals surface area contributed by atoms with Crippen molar-refractivity contribution in [1.29, 1.82) is 0 Å². The van der Waals surface area contributed by atoms with Gasteiger partial charge >= 0.3 is 0 Å². The first-order valence-corrected chi connectivity index (χ1v) is 13.5. The van der Waals surface area contributed by atoms with Gasteiger partial charge in [-0.05, 0) is 74.3 Å². The lowest BCUT2D eigenvalue weighted by molar-refractivity contribution is -0.105. The van der Waals surface area contributed by atoms with Crippen LogP contribution in [0.4, 0.5) is 0 Å². The zero-order valence-corrected chi connectivity index (χ0v) is 22.4. The van der Waals surface area contributed by atoms with E-state index in [9.17, 15) is 5.11 Å². The van der Waals surface area contributed by atoms with Gasteiger partial charge in [-0.3, -0.25) is 0 Å². The smallest absolute Gasteiger partial charge is 0.199 e. The van der Waals surface area contributed by atoms with Gasteiger partial charge in [0.15, 0.2) is 6.29 Å². The van der Waals surface area contributed by atoms with Crippen molar-refractivity contribution in [2.45, 2.75) is 56.8 Å². The predicted octanol–water partition coefficient (Wildman–Crippen LogP) is 6.35. The third kappa shape index (κ3) is 6.92. The third-order valence-corrected chi connectivity index (χ3v) is 7.09. The summed E-state index contributed by atoms with van der Waals surface area (Å²) in [5, 5.41) is 12.6. The van der Waals surface area contributed by atoms with Crippen LogP contribution in [-0.4, -0.2) is 50.2 Å². The molecule has 1 N–H and O–H groups in total. The maximum absolute atomic E-state index is 12.6. The Bertz CT molecular complexity index is 1060. The number of ether oxygens (including phenoxy) is 3. The number of hydrogen-bond donors (Lipinski definition) is 1. The molecule has 0 spiro atoms. The first-order valence-electron chi connectivity index (χ1n) is 13.5. The van der Waals surface area contributed by atoms with Crippen molar-refractivity contribution in [3.8, 4) is 11.5 Å². The minimum atomic E-state index is -1.22. The highest BCUT2D eigenvalue weighted by Gasteiger charge is 2.40. The van der Waals surface area contributed by atoms with Crippen LogP contribution in [0.25, 0.3) is 0 Å². The molecule has 0 bridgehead atoms. The number of rotatable bonds is 12. The Morgan fingerprint density at radius 1 is 0.919 bits per heavy atom. The van der Waals surface area contributed by atoms with Gasteiger partial charge in [0.05, 0.1) is 6.61 Å². The molecule has 3 aromatic rings. The van der Waals surface area contributed by atoms with Crippen LogP contribution in [-0.2, 0) is 10.3 Å². The van der Waals surface area contributed by atoms with Crippen molar-refractivity contribution in [2.24, 2.45) is 0 Å². The largest absolute Gasteiger partial charge is 0.492 e. The lowest BCUT2D eigenvalue weighted by Gasteiger charge is -2.38. The summed E-state index contributed by atoms with van der Waals surface area (Å²) in [6.07, 6.45) is 4.71. The van der Waals surface area contributed by atoms with Crippen LogP contribution in [0, 0.1) is 0 Å². The molecule has 1 fully saturated rings. The molecule has 0 aliphatic carbocycles. The minimum Gasteiger partial charge on any atom is -0.492 e. The van der Waals surface area contributed by atoms with Gasteiger partial charge in [0.1, 0.15) is 23.7 Å². The molecule has 3 aromatic carbocycles. The van der Waals surface area contributed by atoms with Gasteiger partial charge in [0, 0.05) is 18.9 Å². The van der Waals surface area contributed by atoms with E-state index in [4.69, 9.17) is 14.2 Å². The van der Waals surface area contributed by atoms with Crippen LogP contribution < -0.4 is 9.47 Å². The lowest BCUT2D eigenvalue weighted by Crippen LogP contribution is -2.35. The summed E-state index contributed by atoms with van der Waals surface area (Å²) < 4.78 is 17.7. The third-order valence-electron chi connectivity index (χ3n) is 7.09. The van der Waals surface area contributed by atoms with E-state index in [-0.39, 0.29) is 12.2 Å². The molecule has 0 saturated carbocycles. The number of nitrogens with zero attached hydrogens (tertiary/aromatic N) is 1. The Labute approximate surface area is 222 Å². The van der Waals surface area contributed by atoms with Crippen molar-refractivity contribution in [1.82, 2.24) is 4.90 Å². The van der Waals surface area contributed by atoms with E-state index in [0.29, 0.717) is 6.61 Å². The van der Waals surface area contributed by atoms with E-state index in [1.54, 1.807) is 0 Å². The SMILES string of the molecule is CCCC(c1ccccc1)C(O)(c1ccc(OCCN(C)C)cc1)c1ccc(OC2CCCCO2)cc1. The van der Waals surface area contributed by atoms with Crippen LogP contribution >= 0.6 is 0 Å². The Balaban J connectivity index is 1.66. The normalized spacial score (nSPS) is 18.2. The Hall–Kier alpha value is -2.86. The topological polar surface area (TPSA) is 51.2 Å². The second kappa shape index (κ2) is 13.1. The average molecular weight is 504 g/mol. The van der Waals surface area contributed by atoms with E-state index in [0.717, 1.165) is 73.4 Å². The van der Waals surface area contributed by atoms with Gasteiger partial charge in [0.2, 0.25) is 0 Å². The Morgan fingerprint density at radius 2 is 1.57 bits per heavy atom. The molecule has 1 saturated heterocycles. The van der Waals surface area contributed by atoms with E-state index in [1.165, 1.54) is 0 Å². The van der Waals surface area contributed by atoms with E-state index >= 15 is 0 Å². The first-order chi connectivity index (χ1) is 18.0. The second-order valence-corrected chi connectivity index (χ2v) is 10.1. The Morgan fingerprint density at radius 3 is 2.14 bits per heavy atom. The summed E-state index contributed by atoms with van der Waals surface area (Å²) in [6, 6.07) is 26.1. The van der Waals surface area contributed by atoms with E-state index in [2.05, 4.69) is 24.0 Å². The number of hydrogen-bond acceptors (Lipinski definition) is 5. The zero-order chi connectivity index (χ0) is 26.1. The van der Waals surface area contributed by atoms with Gasteiger partial charge in [0.25, 0.3) is 0 Å². The summed E-state index contributed by atoms with van der Waals surface area (Å²) in [5.41, 5.74) is 1.58. The highest BCUT2D eigenvalue weighted by atomic mass is 16.7. The van der Waals surface area contributed by atoms with Crippen LogP contribution in [0.5, 0.6) is 11.5 Å². The molecular weight excluding hydrogens is 462 g/mol. The highest BCUT2D eigenvalue weighted by molar-refractivity contribution is 5.45.